The zero-order chi connectivity index (χ0) is 34.6. The maximum Gasteiger partial charge on any atom is 0.490 e. The molecule has 3 heterocycles. The van der Waals surface area contributed by atoms with Gasteiger partial charge in [0, 0.05) is 44.2 Å². The average Bonchev–Trinajstić information content (AvgIpc) is 2.86. The number of carboxylic acids is 3. The summed E-state index contributed by atoms with van der Waals surface area (Å²) in [6.07, 6.45) is -4.60. The van der Waals surface area contributed by atoms with Gasteiger partial charge in [-0.25, -0.2) is 14.4 Å². The van der Waals surface area contributed by atoms with Gasteiger partial charge in [-0.05, 0) is 68.8 Å². The fourth-order valence-electron chi connectivity index (χ4n) is 4.70. The van der Waals surface area contributed by atoms with Gasteiger partial charge in [-0.15, -0.1) is 0 Å². The summed E-state index contributed by atoms with van der Waals surface area (Å²) < 4.78 is 101. The van der Waals surface area contributed by atoms with Crippen LogP contribution in [0.2, 0.25) is 0 Å². The first-order chi connectivity index (χ1) is 20.6. The van der Waals surface area contributed by atoms with E-state index in [1.807, 2.05) is 24.5 Å². The van der Waals surface area contributed by atoms with Crippen LogP contribution in [0.25, 0.3) is 0 Å². The Kier molecular flexibility index (Phi) is 15.0. The van der Waals surface area contributed by atoms with Gasteiger partial charge in [0.05, 0.1) is 6.61 Å². The number of aromatic nitrogens is 1. The largest absolute Gasteiger partial charge is 0.490 e. The summed E-state index contributed by atoms with van der Waals surface area (Å²) in [6.45, 7) is 6.75. The Balaban J connectivity index is 0.000000396. The van der Waals surface area contributed by atoms with Crippen LogP contribution in [0.1, 0.15) is 37.7 Å². The van der Waals surface area contributed by atoms with Crippen molar-refractivity contribution >= 4 is 17.9 Å². The molecule has 1 saturated carbocycles. The number of aliphatic carboxylic acids is 3. The molecule has 0 amide bonds. The van der Waals surface area contributed by atoms with E-state index >= 15 is 0 Å². The van der Waals surface area contributed by atoms with Gasteiger partial charge < -0.3 is 20.1 Å². The molecule has 1 aromatic rings. The molecule has 258 valence electrons. The normalized spacial score (nSPS) is 20.1. The maximum atomic E-state index is 10.6. The summed E-state index contributed by atoms with van der Waals surface area (Å²) in [7, 11) is 2.33. The van der Waals surface area contributed by atoms with Gasteiger partial charge in [0.1, 0.15) is 0 Å². The molecule has 0 radical (unpaired) electrons. The Morgan fingerprint density at radius 2 is 1.29 bits per heavy atom. The number of pyridine rings is 1. The van der Waals surface area contributed by atoms with Crippen molar-refractivity contribution in [1.82, 2.24) is 14.8 Å². The number of halogens is 9. The van der Waals surface area contributed by atoms with Gasteiger partial charge in [0.2, 0.25) is 0 Å². The van der Waals surface area contributed by atoms with E-state index in [1.54, 1.807) is 0 Å². The number of nitrogens with zero attached hydrogens (tertiary/aromatic N) is 3. The molecule has 1 spiro atoms. The maximum absolute atomic E-state index is 10.6. The van der Waals surface area contributed by atoms with Crippen LogP contribution in [0.3, 0.4) is 0 Å². The van der Waals surface area contributed by atoms with Crippen molar-refractivity contribution in [3.05, 3.63) is 30.1 Å². The van der Waals surface area contributed by atoms with E-state index in [2.05, 4.69) is 21.8 Å². The fourth-order valence-corrected chi connectivity index (χ4v) is 4.70. The highest BCUT2D eigenvalue weighted by atomic mass is 19.4. The summed E-state index contributed by atoms with van der Waals surface area (Å²) in [6, 6.07) is 4.08. The first-order valence-corrected chi connectivity index (χ1v) is 13.4. The van der Waals surface area contributed by atoms with Crippen LogP contribution in [0.15, 0.2) is 24.5 Å². The average molecular weight is 672 g/mol. The molecule has 0 aromatic carbocycles. The Morgan fingerprint density at radius 1 is 0.844 bits per heavy atom. The number of alkyl halides is 9. The number of piperidine rings is 1. The van der Waals surface area contributed by atoms with Gasteiger partial charge in [0.15, 0.2) is 0 Å². The molecule has 3 fully saturated rings. The number of ether oxygens (including phenoxy) is 1. The SMILES string of the molecule is CN1CCC(COCc2ccncc2)CC12CN(CC1CCC1)C2.O=C(O)C(F)(F)F.O=C(O)C(F)(F)F.O=C(O)C(F)(F)F. The predicted octanol–water partition coefficient (Wildman–Crippen LogP) is 4.69. The first kappa shape index (κ1) is 39.8. The van der Waals surface area contributed by atoms with E-state index in [-0.39, 0.29) is 0 Å². The van der Waals surface area contributed by atoms with Gasteiger partial charge in [-0.1, -0.05) is 6.42 Å². The second kappa shape index (κ2) is 16.9. The summed E-state index contributed by atoms with van der Waals surface area (Å²) in [5, 5.41) is 21.4. The minimum Gasteiger partial charge on any atom is -0.475 e. The smallest absolute Gasteiger partial charge is 0.475 e. The molecule has 2 aliphatic heterocycles. The topological polar surface area (TPSA) is 140 Å². The quantitative estimate of drug-likeness (QED) is 0.365. The molecule has 19 heteroatoms. The van der Waals surface area contributed by atoms with Crippen LogP contribution in [0.4, 0.5) is 39.5 Å². The lowest BCUT2D eigenvalue weighted by molar-refractivity contribution is -0.193. The molecule has 45 heavy (non-hydrogen) atoms. The minimum absolute atomic E-state index is 0.437. The summed E-state index contributed by atoms with van der Waals surface area (Å²) >= 11 is 0. The Hall–Kier alpha value is -3.19. The zero-order valence-corrected chi connectivity index (χ0v) is 24.0. The monoisotopic (exact) mass is 671 g/mol. The summed E-state index contributed by atoms with van der Waals surface area (Å²) in [5.41, 5.74) is 1.66. The van der Waals surface area contributed by atoms with Crippen molar-refractivity contribution < 1.29 is 74.0 Å². The van der Waals surface area contributed by atoms with Gasteiger partial charge in [-0.3, -0.25) is 14.8 Å². The zero-order valence-electron chi connectivity index (χ0n) is 24.0. The third-order valence-electron chi connectivity index (χ3n) is 7.23. The molecule has 1 atom stereocenters. The minimum atomic E-state index is -5.08. The highest BCUT2D eigenvalue weighted by Crippen LogP contribution is 2.40. The third-order valence-corrected chi connectivity index (χ3v) is 7.23. The lowest BCUT2D eigenvalue weighted by atomic mass is 9.74. The fraction of sp³-hybridized carbons (Fsp3) is 0.692. The molecule has 0 bridgehead atoms. The van der Waals surface area contributed by atoms with Crippen LogP contribution >= 0.6 is 0 Å². The number of likely N-dealkylation sites (N-methyl/N-ethyl adjacent to an activating group) is 1. The first-order valence-electron chi connectivity index (χ1n) is 13.4. The molecule has 3 aliphatic rings. The van der Waals surface area contributed by atoms with Crippen LogP contribution in [0.5, 0.6) is 0 Å². The van der Waals surface area contributed by atoms with Gasteiger partial charge in [0.25, 0.3) is 0 Å². The number of hydrogen-bond donors (Lipinski definition) is 3. The van der Waals surface area contributed by atoms with Crippen LogP contribution in [0, 0.1) is 11.8 Å². The molecule has 10 nitrogen and oxygen atoms in total. The van der Waals surface area contributed by atoms with Crippen LogP contribution < -0.4 is 0 Å². The van der Waals surface area contributed by atoms with E-state index in [4.69, 9.17) is 34.4 Å². The van der Waals surface area contributed by atoms with E-state index in [0.717, 1.165) is 19.1 Å². The third kappa shape index (κ3) is 14.6. The molecular weight excluding hydrogens is 637 g/mol. The van der Waals surface area contributed by atoms with Crippen molar-refractivity contribution in [2.75, 3.05) is 39.8 Å². The van der Waals surface area contributed by atoms with E-state index < -0.39 is 36.4 Å². The number of likely N-dealkylation sites (tertiary alicyclic amines) is 2. The standard InChI is InChI=1S/C20H31N3O.3C2HF3O2/c1-22-10-7-19(14-24-13-18-5-8-21-9-6-18)11-20(22)15-23(16-20)12-17-3-2-4-17;3*3-2(4,5)1(6)7/h5-6,8-9,17,19H,2-4,7,10-16H2,1H3;3*(H,6,7). The molecule has 1 aliphatic carbocycles. The van der Waals surface area contributed by atoms with Crippen molar-refractivity contribution in [2.45, 2.75) is 62.8 Å². The molecule has 1 aromatic heterocycles. The van der Waals surface area contributed by atoms with Crippen molar-refractivity contribution in [3.8, 4) is 0 Å². The summed E-state index contributed by atoms with van der Waals surface area (Å²) in [4.78, 5) is 36.1. The predicted molar refractivity (Wildman–Crippen MR) is 137 cm³/mol. The van der Waals surface area contributed by atoms with E-state index in [9.17, 15) is 39.5 Å². The van der Waals surface area contributed by atoms with Crippen molar-refractivity contribution in [2.24, 2.45) is 11.8 Å². The number of carbonyl (C=O) groups is 3. The van der Waals surface area contributed by atoms with Gasteiger partial charge in [-0.2, -0.15) is 39.5 Å². The van der Waals surface area contributed by atoms with E-state index in [1.165, 1.54) is 63.8 Å². The second-order valence-electron chi connectivity index (χ2n) is 10.8. The number of hydrogen-bond acceptors (Lipinski definition) is 7. The Bertz CT molecular complexity index is 1020. The molecule has 2 saturated heterocycles. The van der Waals surface area contributed by atoms with Crippen molar-refractivity contribution in [3.63, 3.8) is 0 Å². The Labute approximate surface area is 251 Å². The summed E-state index contributed by atoms with van der Waals surface area (Å²) in [5.74, 6) is -6.56. The number of carboxylic acid groups (broad SMARTS) is 3. The van der Waals surface area contributed by atoms with Crippen molar-refractivity contribution in [1.29, 1.82) is 0 Å². The van der Waals surface area contributed by atoms with Gasteiger partial charge >= 0.3 is 36.4 Å². The lowest BCUT2D eigenvalue weighted by Gasteiger charge is -2.59. The molecule has 1 unspecified atom stereocenters. The van der Waals surface area contributed by atoms with Crippen LogP contribution in [-0.4, -0.2) is 112 Å². The highest BCUT2D eigenvalue weighted by molar-refractivity contribution is 5.73. The highest BCUT2D eigenvalue weighted by Gasteiger charge is 2.49. The molecule has 4 rings (SSSR count). The lowest BCUT2D eigenvalue weighted by Crippen LogP contribution is -2.72. The van der Waals surface area contributed by atoms with E-state index in [0.29, 0.717) is 11.5 Å². The number of rotatable bonds is 6. The molecule has 3 N–H and O–H groups in total. The second-order valence-corrected chi connectivity index (χ2v) is 10.8. The molecular formula is C26H34F9N3O7. The Morgan fingerprint density at radius 3 is 1.67 bits per heavy atom. The van der Waals surface area contributed by atoms with Crippen LogP contribution in [-0.2, 0) is 25.7 Å².